The molecule has 0 saturated carbocycles. The molecule has 1 unspecified atom stereocenters. The predicted octanol–water partition coefficient (Wildman–Crippen LogP) is 2.50. The van der Waals surface area contributed by atoms with Gasteiger partial charge in [-0.1, -0.05) is 24.3 Å². The van der Waals surface area contributed by atoms with E-state index in [0.717, 1.165) is 6.42 Å². The number of nitrogens with two attached hydrogens (primary N) is 1. The van der Waals surface area contributed by atoms with Gasteiger partial charge in [0.1, 0.15) is 0 Å². The molecule has 0 aliphatic carbocycles. The lowest BCUT2D eigenvalue weighted by Crippen LogP contribution is -2.12. The molecule has 0 aliphatic rings. The van der Waals surface area contributed by atoms with Gasteiger partial charge in [-0.15, -0.1) is 0 Å². The molecule has 0 fully saturated rings. The molecule has 1 rings (SSSR count). The maximum absolute atomic E-state index is 5.66. The molecule has 1 atom stereocenters. The van der Waals surface area contributed by atoms with E-state index in [0.29, 0.717) is 0 Å². The second-order valence-electron chi connectivity index (χ2n) is 4.10. The summed E-state index contributed by atoms with van der Waals surface area (Å²) in [7, 11) is 4.09. The third kappa shape index (κ3) is 4.17. The van der Waals surface area contributed by atoms with E-state index in [1.807, 2.05) is 21.0 Å². The number of benzene rings is 1. The minimum Gasteiger partial charge on any atom is -0.378 e. The lowest BCUT2D eigenvalue weighted by atomic mass is 10.1. The van der Waals surface area contributed by atoms with Crippen LogP contribution in [0.3, 0.4) is 0 Å². The first-order valence-corrected chi connectivity index (χ1v) is 5.29. The topological polar surface area (TPSA) is 29.3 Å². The monoisotopic (exact) mass is 204 g/mol. The molecular formula is C13H20N2. The van der Waals surface area contributed by atoms with Gasteiger partial charge in [0.05, 0.1) is 0 Å². The van der Waals surface area contributed by atoms with Crippen LogP contribution in [0.5, 0.6) is 0 Å². The zero-order chi connectivity index (χ0) is 11.3. The fraction of sp³-hybridized carbons (Fsp3) is 0.385. The van der Waals surface area contributed by atoms with Crippen molar-refractivity contribution < 1.29 is 0 Å². The van der Waals surface area contributed by atoms with Gasteiger partial charge >= 0.3 is 0 Å². The Morgan fingerprint density at radius 1 is 1.27 bits per heavy atom. The molecule has 1 aromatic carbocycles. The third-order valence-corrected chi connectivity index (χ3v) is 2.23. The minimum atomic E-state index is 0.238. The summed E-state index contributed by atoms with van der Waals surface area (Å²) in [5, 5.41) is 0. The number of nitrogens with zero attached hydrogens (tertiary/aromatic N) is 1. The molecule has 2 heteroatoms. The van der Waals surface area contributed by atoms with E-state index in [9.17, 15) is 0 Å². The van der Waals surface area contributed by atoms with Crippen LogP contribution in [0.1, 0.15) is 18.9 Å². The van der Waals surface area contributed by atoms with E-state index in [1.165, 1.54) is 11.3 Å². The molecule has 0 radical (unpaired) electrons. The molecule has 0 amide bonds. The van der Waals surface area contributed by atoms with Gasteiger partial charge in [0.2, 0.25) is 0 Å². The summed E-state index contributed by atoms with van der Waals surface area (Å²) < 4.78 is 0. The van der Waals surface area contributed by atoms with E-state index >= 15 is 0 Å². The second-order valence-corrected chi connectivity index (χ2v) is 4.10. The molecular weight excluding hydrogens is 184 g/mol. The van der Waals surface area contributed by atoms with Gasteiger partial charge < -0.3 is 10.6 Å². The first kappa shape index (κ1) is 11.8. The predicted molar refractivity (Wildman–Crippen MR) is 68.1 cm³/mol. The van der Waals surface area contributed by atoms with Crippen LogP contribution in [0.15, 0.2) is 30.3 Å². The van der Waals surface area contributed by atoms with Crippen LogP contribution >= 0.6 is 0 Å². The summed E-state index contributed by atoms with van der Waals surface area (Å²) in [6.45, 7) is 2.01. The van der Waals surface area contributed by atoms with E-state index in [4.69, 9.17) is 5.73 Å². The van der Waals surface area contributed by atoms with Crippen LogP contribution in [0.2, 0.25) is 0 Å². The highest BCUT2D eigenvalue weighted by molar-refractivity contribution is 5.55. The van der Waals surface area contributed by atoms with Crippen molar-refractivity contribution in [2.45, 2.75) is 19.4 Å². The van der Waals surface area contributed by atoms with Gasteiger partial charge in [-0.05, 0) is 31.0 Å². The lowest BCUT2D eigenvalue weighted by molar-refractivity contribution is 0.759. The molecule has 15 heavy (non-hydrogen) atoms. The molecule has 0 aromatic heterocycles. The van der Waals surface area contributed by atoms with Crippen molar-refractivity contribution in [1.82, 2.24) is 0 Å². The smallest absolute Gasteiger partial charge is 0.0361 e. The maximum atomic E-state index is 5.66. The highest BCUT2D eigenvalue weighted by atomic mass is 15.1. The van der Waals surface area contributed by atoms with E-state index in [1.54, 1.807) is 0 Å². The van der Waals surface area contributed by atoms with Crippen molar-refractivity contribution in [2.75, 3.05) is 19.0 Å². The van der Waals surface area contributed by atoms with Crippen molar-refractivity contribution in [3.05, 3.63) is 35.9 Å². The van der Waals surface area contributed by atoms with E-state index in [2.05, 4.69) is 41.3 Å². The van der Waals surface area contributed by atoms with Crippen LogP contribution < -0.4 is 10.6 Å². The molecule has 82 valence electrons. The minimum absolute atomic E-state index is 0.238. The molecule has 2 nitrogen and oxygen atoms in total. The average molecular weight is 204 g/mol. The van der Waals surface area contributed by atoms with Gasteiger partial charge in [-0.2, -0.15) is 0 Å². The molecule has 0 heterocycles. The first-order valence-electron chi connectivity index (χ1n) is 5.29. The van der Waals surface area contributed by atoms with Crippen molar-refractivity contribution in [3.8, 4) is 0 Å². The third-order valence-electron chi connectivity index (χ3n) is 2.23. The van der Waals surface area contributed by atoms with Gasteiger partial charge in [0.15, 0.2) is 0 Å². The van der Waals surface area contributed by atoms with Gasteiger partial charge in [-0.25, -0.2) is 0 Å². The zero-order valence-corrected chi connectivity index (χ0v) is 9.77. The lowest BCUT2D eigenvalue weighted by Gasteiger charge is -2.11. The average Bonchev–Trinajstić information content (AvgIpc) is 2.18. The number of rotatable bonds is 4. The Hall–Kier alpha value is -1.28. The van der Waals surface area contributed by atoms with Crippen LogP contribution in [-0.2, 0) is 0 Å². The summed E-state index contributed by atoms with van der Waals surface area (Å²) in [5.41, 5.74) is 8.11. The Bertz CT molecular complexity index is 310. The molecule has 0 bridgehead atoms. The fourth-order valence-corrected chi connectivity index (χ4v) is 1.30. The molecule has 2 N–H and O–H groups in total. The van der Waals surface area contributed by atoms with E-state index < -0.39 is 0 Å². The summed E-state index contributed by atoms with van der Waals surface area (Å²) in [4.78, 5) is 2.09. The largest absolute Gasteiger partial charge is 0.378 e. The van der Waals surface area contributed by atoms with Crippen molar-refractivity contribution >= 4 is 11.8 Å². The maximum Gasteiger partial charge on any atom is 0.0361 e. The first-order chi connectivity index (χ1) is 7.09. The Kier molecular flexibility index (Phi) is 4.37. The summed E-state index contributed by atoms with van der Waals surface area (Å²) in [6, 6.07) is 8.71. The number of anilines is 1. The van der Waals surface area contributed by atoms with E-state index in [-0.39, 0.29) is 6.04 Å². The summed E-state index contributed by atoms with van der Waals surface area (Å²) in [5.74, 6) is 0. The van der Waals surface area contributed by atoms with Crippen molar-refractivity contribution in [2.24, 2.45) is 5.73 Å². The number of hydrogen-bond acceptors (Lipinski definition) is 2. The molecule has 0 spiro atoms. The standard InChI is InChI=1S/C13H20N2/c1-11(14)5-4-6-12-7-9-13(10-8-12)15(2)3/h4,6-11H,5,14H2,1-3H3/b6-4+. The Labute approximate surface area is 92.4 Å². The van der Waals surface area contributed by atoms with Gasteiger partial charge in [0.25, 0.3) is 0 Å². The van der Waals surface area contributed by atoms with Gasteiger partial charge in [-0.3, -0.25) is 0 Å². The molecule has 1 aromatic rings. The normalized spacial score (nSPS) is 13.1. The van der Waals surface area contributed by atoms with Crippen LogP contribution in [-0.4, -0.2) is 20.1 Å². The Balaban J connectivity index is 2.60. The van der Waals surface area contributed by atoms with Gasteiger partial charge in [0, 0.05) is 25.8 Å². The van der Waals surface area contributed by atoms with Crippen LogP contribution in [0.4, 0.5) is 5.69 Å². The zero-order valence-electron chi connectivity index (χ0n) is 9.77. The molecule has 0 aliphatic heterocycles. The Morgan fingerprint density at radius 2 is 1.87 bits per heavy atom. The van der Waals surface area contributed by atoms with Crippen molar-refractivity contribution in [3.63, 3.8) is 0 Å². The summed E-state index contributed by atoms with van der Waals surface area (Å²) >= 11 is 0. The highest BCUT2D eigenvalue weighted by Crippen LogP contribution is 2.13. The summed E-state index contributed by atoms with van der Waals surface area (Å²) in [6.07, 6.45) is 5.16. The molecule has 0 saturated heterocycles. The number of hydrogen-bond donors (Lipinski definition) is 1. The SMILES string of the molecule is CC(N)C/C=C/c1ccc(N(C)C)cc1. The Morgan fingerprint density at radius 3 is 2.33 bits per heavy atom. The van der Waals surface area contributed by atoms with Crippen LogP contribution in [0, 0.1) is 0 Å². The second kappa shape index (κ2) is 5.56. The highest BCUT2D eigenvalue weighted by Gasteiger charge is 1.93. The quantitative estimate of drug-likeness (QED) is 0.816. The fourth-order valence-electron chi connectivity index (χ4n) is 1.30. The van der Waals surface area contributed by atoms with Crippen LogP contribution in [0.25, 0.3) is 6.08 Å². The van der Waals surface area contributed by atoms with Crippen molar-refractivity contribution in [1.29, 1.82) is 0 Å².